The lowest BCUT2D eigenvalue weighted by atomic mass is 9.97. The Balaban J connectivity index is 1.85. The molecule has 0 bridgehead atoms. The molecule has 2 atom stereocenters. The van der Waals surface area contributed by atoms with E-state index in [0.717, 1.165) is 13.2 Å². The highest BCUT2D eigenvalue weighted by atomic mass is 35.5. The van der Waals surface area contributed by atoms with Crippen molar-refractivity contribution in [2.24, 2.45) is 17.6 Å². The fraction of sp³-hybridized carbons (Fsp3) is 0.583. The maximum Gasteiger partial charge on any atom is 0.213 e. The summed E-state index contributed by atoms with van der Waals surface area (Å²) < 4.78 is 5.65. The molecule has 1 saturated carbocycles. The van der Waals surface area contributed by atoms with Gasteiger partial charge in [-0.15, -0.1) is 0 Å². The first kappa shape index (κ1) is 11.7. The Bertz CT molecular complexity index is 328. The van der Waals surface area contributed by atoms with E-state index in [2.05, 4.69) is 4.98 Å². The monoisotopic (exact) mass is 240 g/mol. The van der Waals surface area contributed by atoms with E-state index in [-0.39, 0.29) is 0 Å². The second kappa shape index (κ2) is 5.51. The van der Waals surface area contributed by atoms with Crippen molar-refractivity contribution in [3.05, 3.63) is 23.4 Å². The molecule has 16 heavy (non-hydrogen) atoms. The SMILES string of the molecule is NCC1CCCC1COc1ccc(Cl)cn1. The first-order valence-corrected chi connectivity index (χ1v) is 6.12. The number of hydrogen-bond acceptors (Lipinski definition) is 3. The summed E-state index contributed by atoms with van der Waals surface area (Å²) >= 11 is 5.75. The Kier molecular flexibility index (Phi) is 4.02. The highest BCUT2D eigenvalue weighted by molar-refractivity contribution is 6.30. The van der Waals surface area contributed by atoms with Crippen LogP contribution in [0.3, 0.4) is 0 Å². The van der Waals surface area contributed by atoms with Gasteiger partial charge in [0.25, 0.3) is 0 Å². The maximum atomic E-state index is 5.75. The van der Waals surface area contributed by atoms with Crippen LogP contribution in [-0.4, -0.2) is 18.1 Å². The van der Waals surface area contributed by atoms with Gasteiger partial charge in [0.15, 0.2) is 0 Å². The summed E-state index contributed by atoms with van der Waals surface area (Å²) in [5, 5.41) is 0.632. The molecule has 2 N–H and O–H groups in total. The third-order valence-corrected chi connectivity index (χ3v) is 3.49. The lowest BCUT2D eigenvalue weighted by Gasteiger charge is -2.17. The first-order chi connectivity index (χ1) is 7.79. The Morgan fingerprint density at radius 3 is 2.88 bits per heavy atom. The van der Waals surface area contributed by atoms with Crippen LogP contribution in [0.2, 0.25) is 5.02 Å². The van der Waals surface area contributed by atoms with Crippen molar-refractivity contribution < 1.29 is 4.74 Å². The van der Waals surface area contributed by atoms with Crippen molar-refractivity contribution in [1.29, 1.82) is 0 Å². The van der Waals surface area contributed by atoms with Crippen molar-refractivity contribution in [2.45, 2.75) is 19.3 Å². The minimum absolute atomic E-state index is 0.586. The first-order valence-electron chi connectivity index (χ1n) is 5.74. The molecule has 88 valence electrons. The molecule has 1 aromatic heterocycles. The van der Waals surface area contributed by atoms with Crippen molar-refractivity contribution in [3.8, 4) is 5.88 Å². The molecular weight excluding hydrogens is 224 g/mol. The van der Waals surface area contributed by atoms with Crippen LogP contribution in [0.1, 0.15) is 19.3 Å². The average Bonchev–Trinajstić information content (AvgIpc) is 2.76. The van der Waals surface area contributed by atoms with Crippen molar-refractivity contribution >= 4 is 11.6 Å². The molecule has 0 amide bonds. The molecule has 1 fully saturated rings. The highest BCUT2D eigenvalue weighted by Crippen LogP contribution is 2.31. The third-order valence-electron chi connectivity index (χ3n) is 3.26. The van der Waals surface area contributed by atoms with E-state index in [0.29, 0.717) is 22.7 Å². The van der Waals surface area contributed by atoms with Gasteiger partial charge in [0, 0.05) is 12.3 Å². The number of nitrogens with zero attached hydrogens (tertiary/aromatic N) is 1. The van der Waals surface area contributed by atoms with Crippen LogP contribution in [0, 0.1) is 11.8 Å². The zero-order valence-electron chi connectivity index (χ0n) is 9.23. The summed E-state index contributed by atoms with van der Waals surface area (Å²) in [6.45, 7) is 1.48. The van der Waals surface area contributed by atoms with E-state index in [4.69, 9.17) is 22.1 Å². The molecule has 4 heteroatoms. The van der Waals surface area contributed by atoms with Gasteiger partial charge in [0.05, 0.1) is 11.6 Å². The lowest BCUT2D eigenvalue weighted by Crippen LogP contribution is -2.23. The van der Waals surface area contributed by atoms with Gasteiger partial charge < -0.3 is 10.5 Å². The Labute approximate surface area is 101 Å². The molecule has 0 aromatic carbocycles. The van der Waals surface area contributed by atoms with E-state index in [1.54, 1.807) is 18.3 Å². The van der Waals surface area contributed by atoms with Crippen LogP contribution in [0.4, 0.5) is 0 Å². The standard InChI is InChI=1S/C12H17ClN2O/c13-11-4-5-12(15-7-11)16-8-10-3-1-2-9(10)6-14/h4-5,7,9-10H,1-3,6,8,14H2. The second-order valence-corrected chi connectivity index (χ2v) is 4.75. The quantitative estimate of drug-likeness (QED) is 0.880. The van der Waals surface area contributed by atoms with Crippen LogP contribution < -0.4 is 10.5 Å². The van der Waals surface area contributed by atoms with Crippen LogP contribution in [0.25, 0.3) is 0 Å². The minimum Gasteiger partial charge on any atom is -0.477 e. The summed E-state index contributed by atoms with van der Waals surface area (Å²) in [5.74, 6) is 1.85. The normalized spacial score (nSPS) is 24.6. The van der Waals surface area contributed by atoms with Gasteiger partial charge in [0.2, 0.25) is 5.88 Å². The van der Waals surface area contributed by atoms with Crippen molar-refractivity contribution in [1.82, 2.24) is 4.98 Å². The number of halogens is 1. The predicted octanol–water partition coefficient (Wildman–Crippen LogP) is 2.49. The molecule has 0 saturated heterocycles. The largest absolute Gasteiger partial charge is 0.477 e. The summed E-state index contributed by atoms with van der Waals surface area (Å²) in [7, 11) is 0. The van der Waals surface area contributed by atoms with Gasteiger partial charge in [-0.1, -0.05) is 18.0 Å². The molecule has 2 unspecified atom stereocenters. The van der Waals surface area contributed by atoms with E-state index < -0.39 is 0 Å². The molecule has 3 nitrogen and oxygen atoms in total. The number of ether oxygens (including phenoxy) is 1. The number of pyridine rings is 1. The topological polar surface area (TPSA) is 48.1 Å². The molecule has 0 radical (unpaired) electrons. The maximum absolute atomic E-state index is 5.75. The Hall–Kier alpha value is -0.800. The van der Waals surface area contributed by atoms with Crippen molar-refractivity contribution in [3.63, 3.8) is 0 Å². The van der Waals surface area contributed by atoms with Crippen LogP contribution in [0.5, 0.6) is 5.88 Å². The summed E-state index contributed by atoms with van der Waals surface area (Å²) in [6.07, 6.45) is 5.32. The smallest absolute Gasteiger partial charge is 0.213 e. The zero-order valence-corrected chi connectivity index (χ0v) is 9.99. The van der Waals surface area contributed by atoms with Gasteiger partial charge >= 0.3 is 0 Å². The van der Waals surface area contributed by atoms with Crippen LogP contribution in [0.15, 0.2) is 18.3 Å². The number of hydrogen-bond donors (Lipinski definition) is 1. The van der Waals surface area contributed by atoms with Crippen molar-refractivity contribution in [2.75, 3.05) is 13.2 Å². The average molecular weight is 241 g/mol. The zero-order chi connectivity index (χ0) is 11.4. The highest BCUT2D eigenvalue weighted by Gasteiger charge is 2.26. The third kappa shape index (κ3) is 2.86. The minimum atomic E-state index is 0.586. The van der Waals surface area contributed by atoms with Gasteiger partial charge in [-0.2, -0.15) is 0 Å². The van der Waals surface area contributed by atoms with E-state index >= 15 is 0 Å². The van der Waals surface area contributed by atoms with E-state index in [1.165, 1.54) is 19.3 Å². The van der Waals surface area contributed by atoms with E-state index in [9.17, 15) is 0 Å². The number of aromatic nitrogens is 1. The Morgan fingerprint density at radius 2 is 2.19 bits per heavy atom. The van der Waals surface area contributed by atoms with Crippen LogP contribution >= 0.6 is 11.6 Å². The molecular formula is C12H17ClN2O. The molecule has 1 aromatic rings. The molecule has 0 aliphatic heterocycles. The molecule has 1 aliphatic rings. The van der Waals surface area contributed by atoms with Gasteiger partial charge in [-0.3, -0.25) is 0 Å². The van der Waals surface area contributed by atoms with Crippen LogP contribution in [-0.2, 0) is 0 Å². The molecule has 2 rings (SSSR count). The Morgan fingerprint density at radius 1 is 1.38 bits per heavy atom. The summed E-state index contributed by atoms with van der Waals surface area (Å²) in [4.78, 5) is 4.10. The number of rotatable bonds is 4. The molecule has 1 heterocycles. The fourth-order valence-corrected chi connectivity index (χ4v) is 2.40. The lowest BCUT2D eigenvalue weighted by molar-refractivity contribution is 0.210. The summed E-state index contributed by atoms with van der Waals surface area (Å²) in [6, 6.07) is 3.59. The van der Waals surface area contributed by atoms with Gasteiger partial charge in [-0.25, -0.2) is 4.98 Å². The number of nitrogens with two attached hydrogens (primary N) is 1. The predicted molar refractivity (Wildman–Crippen MR) is 64.6 cm³/mol. The van der Waals surface area contributed by atoms with Gasteiger partial charge in [0.1, 0.15) is 0 Å². The van der Waals surface area contributed by atoms with E-state index in [1.807, 2.05) is 0 Å². The van der Waals surface area contributed by atoms with Gasteiger partial charge in [-0.05, 0) is 37.3 Å². The molecule has 0 spiro atoms. The fourth-order valence-electron chi connectivity index (χ4n) is 2.28. The summed E-state index contributed by atoms with van der Waals surface area (Å²) in [5.41, 5.74) is 5.72. The second-order valence-electron chi connectivity index (χ2n) is 4.31. The molecule has 1 aliphatic carbocycles.